The molecule has 0 saturated heterocycles. The van der Waals surface area contributed by atoms with Crippen LogP contribution in [0.3, 0.4) is 0 Å². The Labute approximate surface area is 146 Å². The lowest BCUT2D eigenvalue weighted by Crippen LogP contribution is -2.05. The maximum atomic E-state index is 9.11. The number of hydrogen-bond acceptors (Lipinski definition) is 4. The van der Waals surface area contributed by atoms with Crippen molar-refractivity contribution in [2.24, 2.45) is 5.16 Å². The Kier molecular flexibility index (Phi) is 10.7. The van der Waals surface area contributed by atoms with Gasteiger partial charge in [-0.3, -0.25) is 0 Å². The van der Waals surface area contributed by atoms with Crippen molar-refractivity contribution < 1.29 is 14.7 Å². The molecule has 0 atom stereocenters. The zero-order valence-electron chi connectivity index (χ0n) is 15.5. The van der Waals surface area contributed by atoms with Gasteiger partial charge in [-0.1, -0.05) is 57.5 Å². The molecule has 0 fully saturated rings. The fraction of sp³-hybridized carbons (Fsp3) is 0.650. The van der Waals surface area contributed by atoms with E-state index in [1.165, 1.54) is 38.5 Å². The summed E-state index contributed by atoms with van der Waals surface area (Å²) in [4.78, 5) is 0. The van der Waals surface area contributed by atoms with E-state index in [4.69, 9.17) is 14.7 Å². The second-order valence-electron chi connectivity index (χ2n) is 6.16. The molecule has 0 saturated carbocycles. The van der Waals surface area contributed by atoms with Crippen LogP contribution in [0.1, 0.15) is 77.7 Å². The molecule has 0 amide bonds. The highest BCUT2D eigenvalue weighted by Gasteiger charge is 2.10. The van der Waals surface area contributed by atoms with Crippen molar-refractivity contribution in [2.45, 2.75) is 72.1 Å². The lowest BCUT2D eigenvalue weighted by atomic mass is 10.1. The average Bonchev–Trinajstić information content (AvgIpc) is 2.61. The number of nitrogens with zero attached hydrogens (tertiary/aromatic N) is 1. The van der Waals surface area contributed by atoms with Crippen LogP contribution >= 0.6 is 0 Å². The summed E-state index contributed by atoms with van der Waals surface area (Å²) < 4.78 is 11.7. The van der Waals surface area contributed by atoms with Crippen molar-refractivity contribution in [1.29, 1.82) is 0 Å². The van der Waals surface area contributed by atoms with Gasteiger partial charge in [0.2, 0.25) is 0 Å². The second kappa shape index (κ2) is 12.7. The maximum Gasteiger partial charge on any atom is 0.128 e. The summed E-state index contributed by atoms with van der Waals surface area (Å²) in [6.45, 7) is 7.56. The molecule has 1 aromatic carbocycles. The SMILES string of the molecule is CCCCCCOc1ccc(OCCCCCC)c(C(C)=NO)c1. The van der Waals surface area contributed by atoms with E-state index < -0.39 is 0 Å². The number of hydrogen-bond donors (Lipinski definition) is 1. The molecule has 0 aliphatic rings. The minimum atomic E-state index is 0.537. The zero-order valence-corrected chi connectivity index (χ0v) is 15.5. The van der Waals surface area contributed by atoms with Crippen LogP contribution in [0.25, 0.3) is 0 Å². The highest BCUT2D eigenvalue weighted by Crippen LogP contribution is 2.26. The van der Waals surface area contributed by atoms with E-state index in [-0.39, 0.29) is 0 Å². The Hall–Kier alpha value is -1.71. The van der Waals surface area contributed by atoms with Gasteiger partial charge in [0.15, 0.2) is 0 Å². The first-order valence-corrected chi connectivity index (χ1v) is 9.31. The third-order valence-corrected chi connectivity index (χ3v) is 4.01. The van der Waals surface area contributed by atoms with Gasteiger partial charge in [-0.25, -0.2) is 0 Å². The molecule has 0 spiro atoms. The first kappa shape index (κ1) is 20.3. The molecule has 1 N–H and O–H groups in total. The number of ether oxygens (including phenoxy) is 2. The summed E-state index contributed by atoms with van der Waals surface area (Å²) in [6.07, 6.45) is 9.39. The van der Waals surface area contributed by atoms with Crippen LogP contribution in [0, 0.1) is 0 Å². The van der Waals surface area contributed by atoms with Crippen LogP contribution in [0.4, 0.5) is 0 Å². The summed E-state index contributed by atoms with van der Waals surface area (Å²) in [7, 11) is 0. The fourth-order valence-corrected chi connectivity index (χ4v) is 2.49. The van der Waals surface area contributed by atoms with Crippen molar-refractivity contribution in [3.8, 4) is 11.5 Å². The van der Waals surface area contributed by atoms with Crippen LogP contribution in [-0.2, 0) is 0 Å². The smallest absolute Gasteiger partial charge is 0.128 e. The molecule has 0 aliphatic heterocycles. The van der Waals surface area contributed by atoms with Gasteiger partial charge in [0.05, 0.1) is 18.9 Å². The quantitative estimate of drug-likeness (QED) is 0.214. The standard InChI is InChI=1S/C20H33NO3/c1-4-6-8-10-14-23-18-12-13-20(19(16-18)17(3)21-22)24-15-11-9-7-5-2/h12-13,16,22H,4-11,14-15H2,1-3H3. The van der Waals surface area contributed by atoms with Crippen LogP contribution < -0.4 is 9.47 Å². The molecule has 0 aliphatic carbocycles. The van der Waals surface area contributed by atoms with E-state index in [0.29, 0.717) is 18.9 Å². The van der Waals surface area contributed by atoms with Gasteiger partial charge in [0.25, 0.3) is 0 Å². The fourth-order valence-electron chi connectivity index (χ4n) is 2.49. The van der Waals surface area contributed by atoms with E-state index in [0.717, 1.165) is 29.9 Å². The lowest BCUT2D eigenvalue weighted by Gasteiger charge is -2.13. The Morgan fingerprint density at radius 2 is 1.54 bits per heavy atom. The highest BCUT2D eigenvalue weighted by atomic mass is 16.5. The molecular weight excluding hydrogens is 302 g/mol. The first-order chi connectivity index (χ1) is 11.7. The summed E-state index contributed by atoms with van der Waals surface area (Å²) in [6, 6.07) is 5.73. The monoisotopic (exact) mass is 335 g/mol. The molecule has 4 heteroatoms. The number of rotatable bonds is 13. The highest BCUT2D eigenvalue weighted by molar-refractivity contribution is 6.01. The Morgan fingerprint density at radius 1 is 0.917 bits per heavy atom. The van der Waals surface area contributed by atoms with Gasteiger partial charge in [-0.2, -0.15) is 0 Å². The van der Waals surface area contributed by atoms with Crippen molar-refractivity contribution >= 4 is 5.71 Å². The third kappa shape index (κ3) is 7.71. The van der Waals surface area contributed by atoms with Crippen molar-refractivity contribution in [3.63, 3.8) is 0 Å². The molecule has 4 nitrogen and oxygen atoms in total. The van der Waals surface area contributed by atoms with Crippen molar-refractivity contribution in [1.82, 2.24) is 0 Å². The molecule has 0 bridgehead atoms. The summed E-state index contributed by atoms with van der Waals surface area (Å²) in [5.41, 5.74) is 1.33. The number of unbranched alkanes of at least 4 members (excludes halogenated alkanes) is 6. The van der Waals surface area contributed by atoms with Gasteiger partial charge in [-0.15, -0.1) is 0 Å². The van der Waals surface area contributed by atoms with Gasteiger partial charge < -0.3 is 14.7 Å². The molecule has 0 radical (unpaired) electrons. The van der Waals surface area contributed by atoms with Crippen molar-refractivity contribution in [3.05, 3.63) is 23.8 Å². The summed E-state index contributed by atoms with van der Waals surface area (Å²) in [5.74, 6) is 1.54. The van der Waals surface area contributed by atoms with E-state index in [1.807, 2.05) is 18.2 Å². The van der Waals surface area contributed by atoms with E-state index in [2.05, 4.69) is 19.0 Å². The molecular formula is C20H33NO3. The topological polar surface area (TPSA) is 51.0 Å². The third-order valence-electron chi connectivity index (χ3n) is 4.01. The summed E-state index contributed by atoms with van der Waals surface area (Å²) >= 11 is 0. The Bertz CT molecular complexity index is 486. The Balaban J connectivity index is 2.61. The van der Waals surface area contributed by atoms with Crippen LogP contribution in [0.15, 0.2) is 23.4 Å². The summed E-state index contributed by atoms with van der Waals surface area (Å²) in [5, 5.41) is 12.4. The normalized spacial score (nSPS) is 11.5. The van der Waals surface area contributed by atoms with Crippen LogP contribution in [0.2, 0.25) is 0 Å². The molecule has 24 heavy (non-hydrogen) atoms. The molecule has 0 unspecified atom stereocenters. The maximum absolute atomic E-state index is 9.11. The Morgan fingerprint density at radius 3 is 2.12 bits per heavy atom. The van der Waals surface area contributed by atoms with Gasteiger partial charge in [0, 0.05) is 5.56 Å². The second-order valence-corrected chi connectivity index (χ2v) is 6.16. The predicted octanol–water partition coefficient (Wildman–Crippen LogP) is 5.80. The molecule has 1 rings (SSSR count). The average molecular weight is 335 g/mol. The van der Waals surface area contributed by atoms with E-state index >= 15 is 0 Å². The zero-order chi connectivity index (χ0) is 17.6. The predicted molar refractivity (Wildman–Crippen MR) is 99.7 cm³/mol. The largest absolute Gasteiger partial charge is 0.494 e. The first-order valence-electron chi connectivity index (χ1n) is 9.31. The number of oxime groups is 1. The number of benzene rings is 1. The minimum absolute atomic E-state index is 0.537. The molecule has 136 valence electrons. The van der Waals surface area contributed by atoms with Crippen LogP contribution in [-0.4, -0.2) is 24.1 Å². The lowest BCUT2D eigenvalue weighted by molar-refractivity contribution is 0.295. The van der Waals surface area contributed by atoms with E-state index in [1.54, 1.807) is 6.92 Å². The van der Waals surface area contributed by atoms with Gasteiger partial charge in [0.1, 0.15) is 11.5 Å². The minimum Gasteiger partial charge on any atom is -0.494 e. The molecule has 0 heterocycles. The van der Waals surface area contributed by atoms with Gasteiger partial charge in [-0.05, 0) is 38.0 Å². The van der Waals surface area contributed by atoms with Crippen molar-refractivity contribution in [2.75, 3.05) is 13.2 Å². The molecule has 1 aromatic rings. The molecule has 0 aromatic heterocycles. The van der Waals surface area contributed by atoms with E-state index in [9.17, 15) is 0 Å². The van der Waals surface area contributed by atoms with Crippen LogP contribution in [0.5, 0.6) is 11.5 Å². The van der Waals surface area contributed by atoms with Gasteiger partial charge >= 0.3 is 0 Å².